The van der Waals surface area contributed by atoms with E-state index in [-0.39, 0.29) is 23.0 Å². The summed E-state index contributed by atoms with van der Waals surface area (Å²) in [5, 5.41) is 3.27. The van der Waals surface area contributed by atoms with Gasteiger partial charge in [0.15, 0.2) is 0 Å². The van der Waals surface area contributed by atoms with Crippen LogP contribution in [0.4, 0.5) is 5.69 Å². The highest BCUT2D eigenvalue weighted by atomic mass is 35.5. The fraction of sp³-hybridized carbons (Fsp3) is 0.333. The number of amides is 2. The van der Waals surface area contributed by atoms with Crippen molar-refractivity contribution in [3.8, 4) is 0 Å². The predicted molar refractivity (Wildman–Crippen MR) is 156 cm³/mol. The van der Waals surface area contributed by atoms with Gasteiger partial charge in [-0.25, -0.2) is 8.42 Å². The van der Waals surface area contributed by atoms with Crippen molar-refractivity contribution < 1.29 is 18.0 Å². The third-order valence-corrected chi connectivity index (χ3v) is 8.85. The molecule has 3 aromatic carbocycles. The molecule has 0 aliphatic carbocycles. The van der Waals surface area contributed by atoms with Gasteiger partial charge in [-0.05, 0) is 68.1 Å². The van der Waals surface area contributed by atoms with Gasteiger partial charge in [0.25, 0.3) is 10.0 Å². The van der Waals surface area contributed by atoms with Crippen LogP contribution in [-0.2, 0) is 26.2 Å². The van der Waals surface area contributed by atoms with Crippen molar-refractivity contribution in [3.63, 3.8) is 0 Å². The first-order valence-electron chi connectivity index (χ1n) is 13.0. The third kappa shape index (κ3) is 7.61. The van der Waals surface area contributed by atoms with Gasteiger partial charge in [0, 0.05) is 18.1 Å². The molecular weight excluding hydrogens is 534 g/mol. The van der Waals surface area contributed by atoms with Gasteiger partial charge in [-0.1, -0.05) is 73.5 Å². The fourth-order valence-corrected chi connectivity index (χ4v) is 5.68. The second kappa shape index (κ2) is 13.6. The first kappa shape index (κ1) is 30.2. The van der Waals surface area contributed by atoms with Gasteiger partial charge in [0.2, 0.25) is 11.8 Å². The Morgan fingerprint density at radius 1 is 0.949 bits per heavy atom. The minimum absolute atomic E-state index is 0.0466. The summed E-state index contributed by atoms with van der Waals surface area (Å²) in [6, 6.07) is 19.6. The Labute approximate surface area is 236 Å². The normalized spacial score (nSPS) is 12.0. The van der Waals surface area contributed by atoms with Crippen molar-refractivity contribution in [3.05, 3.63) is 94.5 Å². The van der Waals surface area contributed by atoms with E-state index in [9.17, 15) is 18.0 Å². The van der Waals surface area contributed by atoms with Crippen molar-refractivity contribution in [2.45, 2.75) is 58.0 Å². The molecule has 0 bridgehead atoms. The van der Waals surface area contributed by atoms with Gasteiger partial charge >= 0.3 is 0 Å². The quantitative estimate of drug-likeness (QED) is 0.292. The molecule has 208 valence electrons. The topological polar surface area (TPSA) is 86.8 Å². The van der Waals surface area contributed by atoms with Crippen LogP contribution in [-0.4, -0.2) is 44.3 Å². The van der Waals surface area contributed by atoms with E-state index in [4.69, 9.17) is 11.6 Å². The second-order valence-corrected chi connectivity index (χ2v) is 11.8. The van der Waals surface area contributed by atoms with Gasteiger partial charge < -0.3 is 10.2 Å². The van der Waals surface area contributed by atoms with E-state index in [1.54, 1.807) is 37.3 Å². The van der Waals surface area contributed by atoms with Crippen LogP contribution in [0.3, 0.4) is 0 Å². The fourth-order valence-electron chi connectivity index (χ4n) is 4.08. The number of nitrogens with one attached hydrogen (secondary N) is 1. The number of rotatable bonds is 12. The maximum atomic E-state index is 14.0. The number of unbranched alkanes of at least 4 members (excludes halogenated alkanes) is 1. The molecule has 9 heteroatoms. The molecule has 0 saturated heterocycles. The zero-order valence-corrected chi connectivity index (χ0v) is 24.4. The lowest BCUT2D eigenvalue weighted by Crippen LogP contribution is -2.51. The molecule has 0 aliphatic heterocycles. The van der Waals surface area contributed by atoms with Crippen LogP contribution in [0.15, 0.2) is 77.7 Å². The van der Waals surface area contributed by atoms with Gasteiger partial charge in [0.1, 0.15) is 12.6 Å². The predicted octanol–water partition coefficient (Wildman–Crippen LogP) is 5.49. The minimum Gasteiger partial charge on any atom is -0.354 e. The Morgan fingerprint density at radius 3 is 2.26 bits per heavy atom. The molecule has 2 amide bonds. The number of hydrogen-bond acceptors (Lipinski definition) is 4. The number of carbonyl (C=O) groups excluding carboxylic acids is 2. The van der Waals surface area contributed by atoms with Crippen molar-refractivity contribution >= 4 is 39.1 Å². The summed E-state index contributed by atoms with van der Waals surface area (Å²) in [7, 11) is -4.13. The monoisotopic (exact) mass is 569 g/mol. The first-order valence-corrected chi connectivity index (χ1v) is 14.8. The third-order valence-electron chi connectivity index (χ3n) is 6.65. The van der Waals surface area contributed by atoms with E-state index >= 15 is 0 Å². The number of anilines is 1. The summed E-state index contributed by atoms with van der Waals surface area (Å²) in [6.45, 7) is 7.60. The molecule has 0 saturated carbocycles. The number of hydrogen-bond donors (Lipinski definition) is 1. The maximum Gasteiger partial charge on any atom is 0.264 e. The highest BCUT2D eigenvalue weighted by molar-refractivity contribution is 7.92. The van der Waals surface area contributed by atoms with Crippen LogP contribution < -0.4 is 9.62 Å². The molecule has 1 unspecified atom stereocenters. The molecule has 0 aromatic heterocycles. The summed E-state index contributed by atoms with van der Waals surface area (Å²) in [6.07, 6.45) is 1.74. The minimum atomic E-state index is -4.13. The standard InChI is InChI=1S/C30H36ClN3O4S/c1-5-6-18-32-30(36)24(4)33(20-25-13-11-10-12-22(25)2)29(35)21-34(26-17-16-23(3)28(31)19-26)39(37,38)27-14-8-7-9-15-27/h7-17,19,24H,5-6,18,20-21H2,1-4H3,(H,32,36). The average Bonchev–Trinajstić information content (AvgIpc) is 2.92. The molecule has 1 N–H and O–H groups in total. The Kier molecular flexibility index (Phi) is 10.5. The van der Waals surface area contributed by atoms with Gasteiger partial charge in [-0.15, -0.1) is 0 Å². The summed E-state index contributed by atoms with van der Waals surface area (Å²) in [5.41, 5.74) is 2.88. The van der Waals surface area contributed by atoms with Crippen molar-refractivity contribution in [2.75, 3.05) is 17.4 Å². The van der Waals surface area contributed by atoms with Crippen LogP contribution in [0.1, 0.15) is 43.4 Å². The smallest absolute Gasteiger partial charge is 0.264 e. The van der Waals surface area contributed by atoms with Crippen LogP contribution in [0.25, 0.3) is 0 Å². The molecular formula is C30H36ClN3O4S. The maximum absolute atomic E-state index is 14.0. The zero-order valence-electron chi connectivity index (χ0n) is 22.9. The number of halogens is 1. The van der Waals surface area contributed by atoms with E-state index in [2.05, 4.69) is 5.32 Å². The lowest BCUT2D eigenvalue weighted by atomic mass is 10.1. The highest BCUT2D eigenvalue weighted by Crippen LogP contribution is 2.28. The van der Waals surface area contributed by atoms with E-state index < -0.39 is 28.5 Å². The molecule has 1 atom stereocenters. The van der Waals surface area contributed by atoms with E-state index in [1.807, 2.05) is 45.0 Å². The van der Waals surface area contributed by atoms with E-state index in [1.165, 1.54) is 23.1 Å². The highest BCUT2D eigenvalue weighted by Gasteiger charge is 2.32. The number of carbonyl (C=O) groups is 2. The zero-order chi connectivity index (χ0) is 28.6. The Hall–Kier alpha value is -3.36. The molecule has 0 spiro atoms. The van der Waals surface area contributed by atoms with E-state index in [0.29, 0.717) is 11.6 Å². The number of aryl methyl sites for hydroxylation is 2. The molecule has 0 heterocycles. The van der Waals surface area contributed by atoms with Crippen LogP contribution in [0, 0.1) is 13.8 Å². The second-order valence-electron chi connectivity index (χ2n) is 9.53. The Balaban J connectivity index is 2.02. The van der Waals surface area contributed by atoms with Gasteiger partial charge in [-0.3, -0.25) is 13.9 Å². The molecule has 0 aliphatic rings. The van der Waals surface area contributed by atoms with Crippen molar-refractivity contribution in [2.24, 2.45) is 0 Å². The van der Waals surface area contributed by atoms with Crippen molar-refractivity contribution in [1.82, 2.24) is 10.2 Å². The first-order chi connectivity index (χ1) is 18.6. The summed E-state index contributed by atoms with van der Waals surface area (Å²) < 4.78 is 28.7. The summed E-state index contributed by atoms with van der Waals surface area (Å²) in [4.78, 5) is 28.5. The molecule has 7 nitrogen and oxygen atoms in total. The Morgan fingerprint density at radius 2 is 1.62 bits per heavy atom. The largest absolute Gasteiger partial charge is 0.354 e. The summed E-state index contributed by atoms with van der Waals surface area (Å²) in [5.74, 6) is -0.797. The molecule has 3 aromatic rings. The van der Waals surface area contributed by atoms with Crippen LogP contribution in [0.5, 0.6) is 0 Å². The molecule has 0 fully saturated rings. The molecule has 0 radical (unpaired) electrons. The Bertz CT molecular complexity index is 1400. The lowest BCUT2D eigenvalue weighted by molar-refractivity contribution is -0.139. The number of sulfonamides is 1. The van der Waals surface area contributed by atoms with Gasteiger partial charge in [-0.2, -0.15) is 0 Å². The number of nitrogens with zero attached hydrogens (tertiary/aromatic N) is 2. The molecule has 39 heavy (non-hydrogen) atoms. The van der Waals surface area contributed by atoms with Crippen LogP contribution in [0.2, 0.25) is 5.02 Å². The number of benzene rings is 3. The lowest BCUT2D eigenvalue weighted by Gasteiger charge is -2.32. The van der Waals surface area contributed by atoms with Gasteiger partial charge in [0.05, 0.1) is 10.6 Å². The van der Waals surface area contributed by atoms with Crippen LogP contribution >= 0.6 is 11.6 Å². The SMILES string of the molecule is CCCCNC(=O)C(C)N(Cc1ccccc1C)C(=O)CN(c1ccc(C)c(Cl)c1)S(=O)(=O)c1ccccc1. The summed E-state index contributed by atoms with van der Waals surface area (Å²) >= 11 is 6.36. The molecule has 3 rings (SSSR count). The van der Waals surface area contributed by atoms with E-state index in [0.717, 1.165) is 33.8 Å². The average molecular weight is 570 g/mol. The van der Waals surface area contributed by atoms with Crippen molar-refractivity contribution in [1.29, 1.82) is 0 Å².